The first-order valence-electron chi connectivity index (χ1n) is 11.8. The second-order valence-electron chi connectivity index (χ2n) is 8.95. The largest absolute Gasteiger partial charge is 0.346 e. The van der Waals surface area contributed by atoms with Crippen molar-refractivity contribution in [3.05, 3.63) is 101 Å². The molecule has 1 aromatic heterocycles. The number of imidazole rings is 1. The molecule has 3 aromatic carbocycles. The molecule has 0 radical (unpaired) electrons. The van der Waals surface area contributed by atoms with Crippen molar-refractivity contribution in [2.75, 3.05) is 0 Å². The molecule has 2 amide bonds. The van der Waals surface area contributed by atoms with Gasteiger partial charge in [-0.25, -0.2) is 13.4 Å². The van der Waals surface area contributed by atoms with E-state index in [-0.39, 0.29) is 12.3 Å². The van der Waals surface area contributed by atoms with Crippen molar-refractivity contribution >= 4 is 32.9 Å². The van der Waals surface area contributed by atoms with Gasteiger partial charge in [-0.05, 0) is 41.7 Å². The Labute approximate surface area is 209 Å². The number of benzene rings is 3. The number of nitrogens with zero attached hydrogens (tertiary/aromatic N) is 1. The maximum atomic E-state index is 12.9. The fraction of sp³-hybridized carbons (Fsp3) is 0.222. The van der Waals surface area contributed by atoms with Crippen molar-refractivity contribution < 1.29 is 18.0 Å². The van der Waals surface area contributed by atoms with Crippen LogP contribution in [0.2, 0.25) is 0 Å². The zero-order valence-electron chi connectivity index (χ0n) is 19.5. The topological polar surface area (TPSA) is 121 Å². The summed E-state index contributed by atoms with van der Waals surface area (Å²) in [6, 6.07) is 24.3. The third-order valence-electron chi connectivity index (χ3n) is 6.35. The number of para-hydroxylation sites is 2. The van der Waals surface area contributed by atoms with E-state index in [4.69, 9.17) is 4.98 Å². The van der Waals surface area contributed by atoms with E-state index in [0.29, 0.717) is 30.7 Å². The molecule has 4 aromatic rings. The number of sulfonamides is 1. The van der Waals surface area contributed by atoms with Gasteiger partial charge in [0.1, 0.15) is 11.1 Å². The van der Waals surface area contributed by atoms with Gasteiger partial charge in [-0.1, -0.05) is 66.7 Å². The Morgan fingerprint density at radius 1 is 0.972 bits per heavy atom. The number of aromatic amines is 1. The van der Waals surface area contributed by atoms with Gasteiger partial charge >= 0.3 is 0 Å². The minimum absolute atomic E-state index is 0.0810. The number of amides is 2. The van der Waals surface area contributed by atoms with Crippen LogP contribution >= 0.6 is 0 Å². The van der Waals surface area contributed by atoms with E-state index in [0.717, 1.165) is 22.2 Å². The Balaban J connectivity index is 1.34. The molecule has 5 rings (SSSR count). The van der Waals surface area contributed by atoms with Crippen LogP contribution in [0.4, 0.5) is 0 Å². The molecule has 2 atom stereocenters. The van der Waals surface area contributed by atoms with Gasteiger partial charge in [0, 0.05) is 6.42 Å². The number of carbonyl (C=O) groups is 2. The van der Waals surface area contributed by atoms with Crippen LogP contribution in [-0.2, 0) is 32.5 Å². The molecule has 2 heterocycles. The number of hydrogen-bond acceptors (Lipinski definition) is 5. The lowest BCUT2D eigenvalue weighted by molar-refractivity contribution is -0.122. The van der Waals surface area contributed by atoms with E-state index in [9.17, 15) is 18.0 Å². The van der Waals surface area contributed by atoms with Crippen molar-refractivity contribution in [3.8, 4) is 0 Å². The lowest BCUT2D eigenvalue weighted by Crippen LogP contribution is -2.31. The van der Waals surface area contributed by atoms with Gasteiger partial charge in [-0.2, -0.15) is 0 Å². The second kappa shape index (κ2) is 9.94. The van der Waals surface area contributed by atoms with E-state index in [1.54, 1.807) is 12.1 Å². The Morgan fingerprint density at radius 2 is 1.69 bits per heavy atom. The third kappa shape index (κ3) is 5.31. The third-order valence-corrected chi connectivity index (χ3v) is 8.05. The summed E-state index contributed by atoms with van der Waals surface area (Å²) in [4.78, 5) is 32.5. The van der Waals surface area contributed by atoms with Crippen molar-refractivity contribution in [2.45, 2.75) is 37.0 Å². The summed E-state index contributed by atoms with van der Waals surface area (Å²) in [6.45, 7) is 0. The number of H-pyrrole nitrogens is 1. The standard InChI is InChI=1S/C27H26N4O4S/c32-25(15-12-18-6-2-1-3-7-18)28-23(27-29-21-8-4-5-9-22(21)30-27)16-19-10-13-20(14-11-19)24-17-26(33)31-36(24,34)35/h1-11,13-14,23-24H,12,15-17H2,(H,28,32)(H,29,30)(H,31,33)/t23-,24-/m0/s1. The molecule has 1 saturated heterocycles. The molecule has 1 aliphatic heterocycles. The smallest absolute Gasteiger partial charge is 0.242 e. The average Bonchev–Trinajstić information content (AvgIpc) is 3.42. The van der Waals surface area contributed by atoms with Gasteiger partial charge in [0.15, 0.2) is 0 Å². The predicted octanol–water partition coefficient (Wildman–Crippen LogP) is 3.49. The highest BCUT2D eigenvalue weighted by Gasteiger charge is 2.37. The first-order valence-corrected chi connectivity index (χ1v) is 13.3. The number of fused-ring (bicyclic) bond motifs is 1. The molecule has 1 aliphatic rings. The van der Waals surface area contributed by atoms with Gasteiger partial charge in [0.2, 0.25) is 21.8 Å². The summed E-state index contributed by atoms with van der Waals surface area (Å²) >= 11 is 0. The summed E-state index contributed by atoms with van der Waals surface area (Å²) in [5.41, 5.74) is 4.26. The maximum Gasteiger partial charge on any atom is 0.242 e. The molecule has 1 fully saturated rings. The summed E-state index contributed by atoms with van der Waals surface area (Å²) in [5, 5.41) is 2.23. The minimum atomic E-state index is -3.70. The number of nitrogens with one attached hydrogen (secondary N) is 3. The zero-order chi connectivity index (χ0) is 25.1. The molecule has 9 heteroatoms. The molecule has 3 N–H and O–H groups in total. The van der Waals surface area contributed by atoms with Crippen LogP contribution in [0.1, 0.15) is 46.6 Å². The second-order valence-corrected chi connectivity index (χ2v) is 10.8. The van der Waals surface area contributed by atoms with Crippen LogP contribution < -0.4 is 10.0 Å². The van der Waals surface area contributed by atoms with Gasteiger partial charge in [0.05, 0.1) is 23.5 Å². The summed E-state index contributed by atoms with van der Waals surface area (Å²) in [5.74, 6) is 0.0799. The van der Waals surface area contributed by atoms with E-state index in [2.05, 4.69) is 10.3 Å². The van der Waals surface area contributed by atoms with E-state index >= 15 is 0 Å². The molecular weight excluding hydrogens is 476 g/mol. The number of hydrogen-bond donors (Lipinski definition) is 3. The molecule has 36 heavy (non-hydrogen) atoms. The van der Waals surface area contributed by atoms with Crippen LogP contribution in [0.3, 0.4) is 0 Å². The molecule has 0 unspecified atom stereocenters. The van der Waals surface area contributed by atoms with E-state index in [1.807, 2.05) is 71.5 Å². The predicted molar refractivity (Wildman–Crippen MR) is 136 cm³/mol. The maximum absolute atomic E-state index is 12.9. The molecule has 0 bridgehead atoms. The Bertz CT molecular complexity index is 1460. The molecule has 0 aliphatic carbocycles. The fourth-order valence-electron chi connectivity index (χ4n) is 4.47. The molecular formula is C27H26N4O4S. The lowest BCUT2D eigenvalue weighted by atomic mass is 10.0. The van der Waals surface area contributed by atoms with Crippen LogP contribution in [0, 0.1) is 0 Å². The Morgan fingerprint density at radius 3 is 2.39 bits per heavy atom. The van der Waals surface area contributed by atoms with Crippen LogP contribution in [0.15, 0.2) is 78.9 Å². The monoisotopic (exact) mass is 502 g/mol. The Kier molecular flexibility index (Phi) is 6.56. The SMILES string of the molecule is O=C(CCc1ccccc1)N[C@@H](Cc1ccc([C@@H]2CC(=O)NS2(=O)=O)cc1)c1nc2ccccc2[nH]1. The first kappa shape index (κ1) is 23.7. The Hall–Kier alpha value is -3.98. The summed E-state index contributed by atoms with van der Waals surface area (Å²) in [6.07, 6.45) is 1.36. The molecule has 0 saturated carbocycles. The normalized spacial score (nSPS) is 17.6. The quantitative estimate of drug-likeness (QED) is 0.341. The van der Waals surface area contributed by atoms with Crippen molar-refractivity contribution in [1.82, 2.24) is 20.0 Å². The van der Waals surface area contributed by atoms with Gasteiger partial charge < -0.3 is 10.3 Å². The number of aromatic nitrogens is 2. The summed E-state index contributed by atoms with van der Waals surface area (Å²) in [7, 11) is -3.70. The number of rotatable bonds is 8. The number of aryl methyl sites for hydroxylation is 1. The molecule has 0 spiro atoms. The highest BCUT2D eigenvalue weighted by Crippen LogP contribution is 2.30. The van der Waals surface area contributed by atoms with Crippen molar-refractivity contribution in [3.63, 3.8) is 0 Å². The van der Waals surface area contributed by atoms with Crippen molar-refractivity contribution in [2.24, 2.45) is 0 Å². The van der Waals surface area contributed by atoms with Gasteiger partial charge in [-0.15, -0.1) is 0 Å². The first-order chi connectivity index (χ1) is 17.4. The minimum Gasteiger partial charge on any atom is -0.346 e. The van der Waals surface area contributed by atoms with E-state index < -0.39 is 27.2 Å². The van der Waals surface area contributed by atoms with E-state index in [1.165, 1.54) is 0 Å². The van der Waals surface area contributed by atoms with Crippen LogP contribution in [0.5, 0.6) is 0 Å². The number of carbonyl (C=O) groups excluding carboxylic acids is 2. The van der Waals surface area contributed by atoms with Gasteiger partial charge in [-0.3, -0.25) is 14.3 Å². The molecule has 8 nitrogen and oxygen atoms in total. The van der Waals surface area contributed by atoms with Crippen LogP contribution in [-0.4, -0.2) is 30.2 Å². The zero-order valence-corrected chi connectivity index (χ0v) is 20.3. The molecule has 184 valence electrons. The van der Waals surface area contributed by atoms with Crippen LogP contribution in [0.25, 0.3) is 11.0 Å². The van der Waals surface area contributed by atoms with Crippen molar-refractivity contribution in [1.29, 1.82) is 0 Å². The average molecular weight is 503 g/mol. The highest BCUT2D eigenvalue weighted by molar-refractivity contribution is 7.90. The summed E-state index contributed by atoms with van der Waals surface area (Å²) < 4.78 is 26.4. The van der Waals surface area contributed by atoms with Gasteiger partial charge in [0.25, 0.3) is 0 Å². The lowest BCUT2D eigenvalue weighted by Gasteiger charge is -2.18. The highest BCUT2D eigenvalue weighted by atomic mass is 32.2. The fourth-order valence-corrected chi connectivity index (χ4v) is 5.90.